The predicted molar refractivity (Wildman–Crippen MR) is 59.4 cm³/mol. The van der Waals surface area contributed by atoms with Gasteiger partial charge < -0.3 is 11.1 Å². The second-order valence-corrected chi connectivity index (χ2v) is 4.88. The maximum Gasteiger partial charge on any atom is 0.235 e. The van der Waals surface area contributed by atoms with Gasteiger partial charge in [-0.25, -0.2) is 0 Å². The maximum atomic E-state index is 11.3. The molecule has 0 aromatic heterocycles. The number of primary amides is 1. The Kier molecular flexibility index (Phi) is 3.26. The molecule has 1 saturated heterocycles. The van der Waals surface area contributed by atoms with Gasteiger partial charge in [0.25, 0.3) is 0 Å². The Hall–Kier alpha value is -0.610. The fraction of sp³-hybridized carbons (Fsp3) is 0.909. The van der Waals surface area contributed by atoms with Crippen molar-refractivity contribution in [3.05, 3.63) is 0 Å². The lowest BCUT2D eigenvalue weighted by atomic mass is 10.2. The van der Waals surface area contributed by atoms with E-state index in [4.69, 9.17) is 5.73 Å². The Morgan fingerprint density at radius 2 is 2.27 bits per heavy atom. The summed E-state index contributed by atoms with van der Waals surface area (Å²) in [6, 6.07) is 0.992. The van der Waals surface area contributed by atoms with Crippen molar-refractivity contribution in [2.75, 3.05) is 13.1 Å². The minimum Gasteiger partial charge on any atom is -0.368 e. The molecule has 4 nitrogen and oxygen atoms in total. The molecule has 86 valence electrons. The molecule has 1 amide bonds. The van der Waals surface area contributed by atoms with E-state index in [1.165, 1.54) is 25.7 Å². The first-order chi connectivity index (χ1) is 7.16. The highest BCUT2D eigenvalue weighted by molar-refractivity contribution is 5.80. The van der Waals surface area contributed by atoms with Crippen LogP contribution in [0.5, 0.6) is 0 Å². The number of hydrogen-bond acceptors (Lipinski definition) is 3. The molecule has 0 aromatic rings. The molecule has 0 spiro atoms. The second kappa shape index (κ2) is 4.49. The minimum absolute atomic E-state index is 0.155. The molecule has 1 aliphatic carbocycles. The number of amides is 1. The molecule has 2 aliphatic rings. The van der Waals surface area contributed by atoms with Gasteiger partial charge in [-0.15, -0.1) is 0 Å². The number of carbonyl (C=O) groups excluding carboxylic acids is 1. The molecule has 2 rings (SSSR count). The number of nitrogens with one attached hydrogen (secondary N) is 1. The fourth-order valence-electron chi connectivity index (χ4n) is 2.26. The van der Waals surface area contributed by atoms with Gasteiger partial charge in [0.2, 0.25) is 5.91 Å². The van der Waals surface area contributed by atoms with Crippen LogP contribution in [0.3, 0.4) is 0 Å². The van der Waals surface area contributed by atoms with Crippen LogP contribution >= 0.6 is 0 Å². The van der Waals surface area contributed by atoms with E-state index in [0.717, 1.165) is 13.1 Å². The lowest BCUT2D eigenvalue weighted by molar-refractivity contribution is -0.120. The predicted octanol–water partition coefficient (Wildman–Crippen LogP) is 0.0766. The van der Waals surface area contributed by atoms with Crippen LogP contribution in [0.25, 0.3) is 0 Å². The van der Waals surface area contributed by atoms with Crippen molar-refractivity contribution in [1.82, 2.24) is 10.2 Å². The van der Waals surface area contributed by atoms with Crippen molar-refractivity contribution in [1.29, 1.82) is 0 Å². The van der Waals surface area contributed by atoms with Crippen molar-refractivity contribution in [2.24, 2.45) is 5.73 Å². The van der Waals surface area contributed by atoms with E-state index in [-0.39, 0.29) is 11.9 Å². The Balaban J connectivity index is 1.84. The van der Waals surface area contributed by atoms with Gasteiger partial charge in [-0.3, -0.25) is 9.69 Å². The summed E-state index contributed by atoms with van der Waals surface area (Å²) in [6.45, 7) is 4.12. The van der Waals surface area contributed by atoms with Crippen molar-refractivity contribution in [3.8, 4) is 0 Å². The van der Waals surface area contributed by atoms with Gasteiger partial charge in [-0.2, -0.15) is 0 Å². The molecular weight excluding hydrogens is 190 g/mol. The lowest BCUT2D eigenvalue weighted by Crippen LogP contribution is -2.50. The summed E-state index contributed by atoms with van der Waals surface area (Å²) in [5.74, 6) is -0.207. The Bertz CT molecular complexity index is 240. The average molecular weight is 211 g/mol. The zero-order valence-electron chi connectivity index (χ0n) is 9.41. The quantitative estimate of drug-likeness (QED) is 0.677. The van der Waals surface area contributed by atoms with Crippen molar-refractivity contribution in [3.63, 3.8) is 0 Å². The normalized spacial score (nSPS) is 29.3. The van der Waals surface area contributed by atoms with E-state index >= 15 is 0 Å². The SMILES string of the molecule is CC1CCCN1CC(NC1CC1)C(N)=O. The van der Waals surface area contributed by atoms with Gasteiger partial charge in [-0.05, 0) is 39.2 Å². The van der Waals surface area contributed by atoms with Gasteiger partial charge in [0, 0.05) is 18.6 Å². The molecule has 0 bridgehead atoms. The van der Waals surface area contributed by atoms with Crippen molar-refractivity contribution in [2.45, 2.75) is 50.7 Å². The average Bonchev–Trinajstić information content (AvgIpc) is 2.90. The Morgan fingerprint density at radius 1 is 1.53 bits per heavy atom. The molecule has 1 aliphatic heterocycles. The van der Waals surface area contributed by atoms with E-state index in [2.05, 4.69) is 17.1 Å². The summed E-state index contributed by atoms with van der Waals surface area (Å²) in [6.07, 6.45) is 4.88. The Morgan fingerprint density at radius 3 is 2.73 bits per heavy atom. The third kappa shape index (κ3) is 2.92. The molecule has 1 heterocycles. The number of carbonyl (C=O) groups is 1. The first-order valence-corrected chi connectivity index (χ1v) is 5.96. The molecule has 2 fully saturated rings. The summed E-state index contributed by atoms with van der Waals surface area (Å²) in [5, 5.41) is 3.32. The monoisotopic (exact) mass is 211 g/mol. The topological polar surface area (TPSA) is 58.4 Å². The molecule has 2 atom stereocenters. The fourth-order valence-corrected chi connectivity index (χ4v) is 2.26. The molecule has 4 heteroatoms. The standard InChI is InChI=1S/C11H21N3O/c1-8-3-2-6-14(8)7-10(11(12)15)13-9-4-5-9/h8-10,13H,2-7H2,1H3,(H2,12,15). The van der Waals surface area contributed by atoms with Crippen LogP contribution in [-0.2, 0) is 4.79 Å². The summed E-state index contributed by atoms with van der Waals surface area (Å²) < 4.78 is 0. The van der Waals surface area contributed by atoms with Gasteiger partial charge in [0.1, 0.15) is 0 Å². The van der Waals surface area contributed by atoms with Gasteiger partial charge in [-0.1, -0.05) is 0 Å². The highest BCUT2D eigenvalue weighted by Gasteiger charge is 2.30. The van der Waals surface area contributed by atoms with Crippen molar-refractivity contribution < 1.29 is 4.79 Å². The molecule has 15 heavy (non-hydrogen) atoms. The second-order valence-electron chi connectivity index (χ2n) is 4.88. The van der Waals surface area contributed by atoms with Crippen LogP contribution in [0.15, 0.2) is 0 Å². The highest BCUT2D eigenvalue weighted by atomic mass is 16.1. The molecule has 2 unspecified atom stereocenters. The van der Waals surface area contributed by atoms with E-state index in [9.17, 15) is 4.79 Å². The number of hydrogen-bond donors (Lipinski definition) is 2. The first kappa shape index (κ1) is 10.9. The Labute approximate surface area is 91.2 Å². The van der Waals surface area contributed by atoms with Crippen LogP contribution in [-0.4, -0.2) is 42.0 Å². The maximum absolute atomic E-state index is 11.3. The molecular formula is C11H21N3O. The lowest BCUT2D eigenvalue weighted by Gasteiger charge is -2.25. The van der Waals surface area contributed by atoms with Crippen LogP contribution in [0.1, 0.15) is 32.6 Å². The molecule has 0 aromatic carbocycles. The number of likely N-dealkylation sites (tertiary alicyclic amines) is 1. The van der Waals surface area contributed by atoms with E-state index in [1.807, 2.05) is 0 Å². The van der Waals surface area contributed by atoms with Crippen LogP contribution in [0.2, 0.25) is 0 Å². The van der Waals surface area contributed by atoms with Crippen LogP contribution in [0.4, 0.5) is 0 Å². The summed E-state index contributed by atoms with van der Waals surface area (Å²) in [5.41, 5.74) is 5.41. The smallest absolute Gasteiger partial charge is 0.235 e. The third-order valence-electron chi connectivity index (χ3n) is 3.47. The highest BCUT2D eigenvalue weighted by Crippen LogP contribution is 2.21. The first-order valence-electron chi connectivity index (χ1n) is 5.96. The minimum atomic E-state index is -0.207. The summed E-state index contributed by atoms with van der Waals surface area (Å²) in [7, 11) is 0. The number of nitrogens with two attached hydrogens (primary N) is 1. The number of nitrogens with zero attached hydrogens (tertiary/aromatic N) is 1. The van der Waals surface area contributed by atoms with Crippen molar-refractivity contribution >= 4 is 5.91 Å². The summed E-state index contributed by atoms with van der Waals surface area (Å²) >= 11 is 0. The van der Waals surface area contributed by atoms with Gasteiger partial charge in [0.15, 0.2) is 0 Å². The number of rotatable bonds is 5. The van der Waals surface area contributed by atoms with E-state index < -0.39 is 0 Å². The van der Waals surface area contributed by atoms with Crippen LogP contribution in [0, 0.1) is 0 Å². The van der Waals surface area contributed by atoms with Gasteiger partial charge >= 0.3 is 0 Å². The molecule has 1 saturated carbocycles. The van der Waals surface area contributed by atoms with E-state index in [1.54, 1.807) is 0 Å². The van der Waals surface area contributed by atoms with Gasteiger partial charge in [0.05, 0.1) is 6.04 Å². The zero-order valence-corrected chi connectivity index (χ0v) is 9.41. The molecule has 0 radical (unpaired) electrons. The van der Waals surface area contributed by atoms with E-state index in [0.29, 0.717) is 12.1 Å². The summed E-state index contributed by atoms with van der Waals surface area (Å²) in [4.78, 5) is 13.7. The third-order valence-corrected chi connectivity index (χ3v) is 3.47. The zero-order chi connectivity index (χ0) is 10.8. The largest absolute Gasteiger partial charge is 0.368 e. The molecule has 3 N–H and O–H groups in total. The van der Waals surface area contributed by atoms with Crippen LogP contribution < -0.4 is 11.1 Å².